The van der Waals surface area contributed by atoms with E-state index in [1.165, 1.54) is 12.1 Å². The molecule has 0 radical (unpaired) electrons. The SMILES string of the molecule is Nc1cc(NC2(CO)CCOCC2)ccc1[N+](=O)[O-]. The average molecular weight is 267 g/mol. The molecule has 0 unspecified atom stereocenters. The van der Waals surface area contributed by atoms with Gasteiger partial charge in [0.2, 0.25) is 0 Å². The van der Waals surface area contributed by atoms with Crippen LogP contribution in [0.4, 0.5) is 17.1 Å². The Balaban J connectivity index is 2.18. The molecule has 2 rings (SSSR count). The highest BCUT2D eigenvalue weighted by atomic mass is 16.6. The summed E-state index contributed by atoms with van der Waals surface area (Å²) in [6.45, 7) is 1.14. The molecule has 1 aliphatic heterocycles. The maximum atomic E-state index is 10.7. The quantitative estimate of drug-likeness (QED) is 0.428. The van der Waals surface area contributed by atoms with Gasteiger partial charge in [0.25, 0.3) is 5.69 Å². The maximum Gasteiger partial charge on any atom is 0.292 e. The van der Waals surface area contributed by atoms with Crippen LogP contribution in [0, 0.1) is 10.1 Å². The number of nitro benzene ring substituents is 1. The van der Waals surface area contributed by atoms with Crippen LogP contribution in [0.3, 0.4) is 0 Å². The average Bonchev–Trinajstić information content (AvgIpc) is 2.39. The molecule has 1 fully saturated rings. The standard InChI is InChI=1S/C12H17N3O4/c13-10-7-9(1-2-11(10)15(17)18)14-12(8-16)3-5-19-6-4-12/h1-2,7,14,16H,3-6,8,13H2. The largest absolute Gasteiger partial charge is 0.394 e. The summed E-state index contributed by atoms with van der Waals surface area (Å²) < 4.78 is 5.27. The van der Waals surface area contributed by atoms with Gasteiger partial charge < -0.3 is 20.9 Å². The number of nitrogens with zero attached hydrogens (tertiary/aromatic N) is 1. The molecule has 0 saturated carbocycles. The Morgan fingerprint density at radius 3 is 2.68 bits per heavy atom. The lowest BCUT2D eigenvalue weighted by Crippen LogP contribution is -2.46. The summed E-state index contributed by atoms with van der Waals surface area (Å²) in [7, 11) is 0. The van der Waals surface area contributed by atoms with Gasteiger partial charge >= 0.3 is 0 Å². The fraction of sp³-hybridized carbons (Fsp3) is 0.500. The molecule has 19 heavy (non-hydrogen) atoms. The molecule has 1 heterocycles. The first kappa shape index (κ1) is 13.6. The molecule has 0 atom stereocenters. The van der Waals surface area contributed by atoms with Crippen LogP contribution in [0.15, 0.2) is 18.2 Å². The van der Waals surface area contributed by atoms with Crippen molar-refractivity contribution in [3.05, 3.63) is 28.3 Å². The van der Waals surface area contributed by atoms with Gasteiger partial charge in [0.05, 0.1) is 17.1 Å². The molecule has 0 aromatic heterocycles. The third kappa shape index (κ3) is 2.94. The molecular formula is C12H17N3O4. The predicted octanol–water partition coefficient (Wildman–Crippen LogP) is 1.13. The van der Waals surface area contributed by atoms with E-state index in [1.807, 2.05) is 0 Å². The predicted molar refractivity (Wildman–Crippen MR) is 71.0 cm³/mol. The van der Waals surface area contributed by atoms with Crippen molar-refractivity contribution in [3.8, 4) is 0 Å². The Morgan fingerprint density at radius 2 is 2.16 bits per heavy atom. The molecule has 1 aromatic carbocycles. The molecule has 4 N–H and O–H groups in total. The first-order chi connectivity index (χ1) is 9.06. The van der Waals surface area contributed by atoms with Gasteiger partial charge in [0, 0.05) is 25.0 Å². The van der Waals surface area contributed by atoms with Gasteiger partial charge in [-0.2, -0.15) is 0 Å². The number of benzene rings is 1. The van der Waals surface area contributed by atoms with E-state index in [9.17, 15) is 15.2 Å². The number of hydrogen-bond donors (Lipinski definition) is 3. The summed E-state index contributed by atoms with van der Waals surface area (Å²) in [4.78, 5) is 10.2. The number of nitrogens with one attached hydrogen (secondary N) is 1. The molecule has 0 amide bonds. The van der Waals surface area contributed by atoms with Gasteiger partial charge in [-0.3, -0.25) is 10.1 Å². The van der Waals surface area contributed by atoms with Crippen LogP contribution in [-0.4, -0.2) is 35.4 Å². The number of hydrogen-bond acceptors (Lipinski definition) is 6. The molecule has 7 nitrogen and oxygen atoms in total. The first-order valence-electron chi connectivity index (χ1n) is 6.07. The van der Waals surface area contributed by atoms with Crippen LogP contribution in [0.2, 0.25) is 0 Å². The number of aliphatic hydroxyl groups is 1. The first-order valence-corrected chi connectivity index (χ1v) is 6.07. The molecule has 1 aromatic rings. The summed E-state index contributed by atoms with van der Waals surface area (Å²) in [5, 5.41) is 23.5. The lowest BCUT2D eigenvalue weighted by molar-refractivity contribution is -0.383. The Bertz CT molecular complexity index is 472. The van der Waals surface area contributed by atoms with Crippen LogP contribution in [0.5, 0.6) is 0 Å². The monoisotopic (exact) mass is 267 g/mol. The summed E-state index contributed by atoms with van der Waals surface area (Å²) >= 11 is 0. The van der Waals surface area contributed by atoms with Gasteiger partial charge in [0.15, 0.2) is 0 Å². The summed E-state index contributed by atoms with van der Waals surface area (Å²) in [5.41, 5.74) is 5.86. The minimum absolute atomic E-state index is 0.0206. The number of nitrogens with two attached hydrogens (primary N) is 1. The summed E-state index contributed by atoms with van der Waals surface area (Å²) in [6, 6.07) is 4.48. The van der Waals surface area contributed by atoms with Crippen LogP contribution < -0.4 is 11.1 Å². The summed E-state index contributed by atoms with van der Waals surface area (Å²) in [6.07, 6.45) is 1.36. The molecule has 7 heteroatoms. The third-order valence-electron chi connectivity index (χ3n) is 3.39. The van der Waals surface area contributed by atoms with Gasteiger partial charge in [-0.1, -0.05) is 0 Å². The Hall–Kier alpha value is -1.86. The highest BCUT2D eigenvalue weighted by molar-refractivity contribution is 5.66. The van der Waals surface area contributed by atoms with Crippen molar-refractivity contribution in [1.29, 1.82) is 0 Å². The fourth-order valence-corrected chi connectivity index (χ4v) is 2.19. The Labute approximate surface area is 110 Å². The molecular weight excluding hydrogens is 250 g/mol. The Kier molecular flexibility index (Phi) is 3.87. The molecule has 1 aliphatic rings. The highest BCUT2D eigenvalue weighted by Crippen LogP contribution is 2.29. The van der Waals surface area contributed by atoms with E-state index in [-0.39, 0.29) is 18.0 Å². The van der Waals surface area contributed by atoms with Gasteiger partial charge in [-0.25, -0.2) is 0 Å². The fourth-order valence-electron chi connectivity index (χ4n) is 2.19. The van der Waals surface area contributed by atoms with Crippen molar-refractivity contribution in [2.45, 2.75) is 18.4 Å². The van der Waals surface area contributed by atoms with Crippen molar-refractivity contribution in [2.24, 2.45) is 0 Å². The molecule has 0 spiro atoms. The Morgan fingerprint density at radius 1 is 1.47 bits per heavy atom. The second-order valence-corrected chi connectivity index (χ2v) is 4.71. The lowest BCUT2D eigenvalue weighted by atomic mass is 9.90. The van der Waals surface area contributed by atoms with Crippen molar-refractivity contribution >= 4 is 17.1 Å². The van der Waals surface area contributed by atoms with E-state index >= 15 is 0 Å². The number of rotatable bonds is 4. The topological polar surface area (TPSA) is 111 Å². The zero-order valence-corrected chi connectivity index (χ0v) is 10.5. The molecule has 0 aliphatic carbocycles. The van der Waals surface area contributed by atoms with Crippen LogP contribution >= 0.6 is 0 Å². The number of anilines is 2. The van der Waals surface area contributed by atoms with E-state index in [4.69, 9.17) is 10.5 Å². The van der Waals surface area contributed by atoms with Gasteiger partial charge in [0.1, 0.15) is 5.69 Å². The number of ether oxygens (including phenoxy) is 1. The third-order valence-corrected chi connectivity index (χ3v) is 3.39. The highest BCUT2D eigenvalue weighted by Gasteiger charge is 2.32. The minimum Gasteiger partial charge on any atom is -0.394 e. The van der Waals surface area contributed by atoms with Crippen LogP contribution in [-0.2, 0) is 4.74 Å². The van der Waals surface area contributed by atoms with Crippen LogP contribution in [0.25, 0.3) is 0 Å². The van der Waals surface area contributed by atoms with E-state index in [0.29, 0.717) is 31.7 Å². The van der Waals surface area contributed by atoms with Gasteiger partial charge in [-0.05, 0) is 25.0 Å². The van der Waals surface area contributed by atoms with Crippen molar-refractivity contribution < 1.29 is 14.8 Å². The smallest absolute Gasteiger partial charge is 0.292 e. The maximum absolute atomic E-state index is 10.7. The van der Waals surface area contributed by atoms with Gasteiger partial charge in [-0.15, -0.1) is 0 Å². The minimum atomic E-state index is -0.518. The zero-order chi connectivity index (χ0) is 13.9. The molecule has 0 bridgehead atoms. The van der Waals surface area contributed by atoms with E-state index in [2.05, 4.69) is 5.32 Å². The number of nitro groups is 1. The number of aliphatic hydroxyl groups excluding tert-OH is 1. The second kappa shape index (κ2) is 5.41. The number of nitrogen functional groups attached to an aromatic ring is 1. The van der Waals surface area contributed by atoms with Crippen molar-refractivity contribution in [1.82, 2.24) is 0 Å². The summed E-state index contributed by atoms with van der Waals surface area (Å²) in [5.74, 6) is 0. The van der Waals surface area contributed by atoms with Crippen molar-refractivity contribution in [3.63, 3.8) is 0 Å². The van der Waals surface area contributed by atoms with E-state index in [0.717, 1.165) is 0 Å². The normalized spacial score (nSPS) is 17.9. The zero-order valence-electron chi connectivity index (χ0n) is 10.5. The van der Waals surface area contributed by atoms with E-state index < -0.39 is 10.5 Å². The van der Waals surface area contributed by atoms with E-state index in [1.54, 1.807) is 6.07 Å². The van der Waals surface area contributed by atoms with Crippen LogP contribution in [0.1, 0.15) is 12.8 Å². The van der Waals surface area contributed by atoms with Crippen molar-refractivity contribution in [2.75, 3.05) is 30.9 Å². The second-order valence-electron chi connectivity index (χ2n) is 4.71. The lowest BCUT2D eigenvalue weighted by Gasteiger charge is -2.37. The molecule has 1 saturated heterocycles. The molecule has 104 valence electrons.